The van der Waals surface area contributed by atoms with Crippen molar-refractivity contribution in [1.82, 2.24) is 0 Å². The monoisotopic (exact) mass is 379 g/mol. The van der Waals surface area contributed by atoms with Crippen LogP contribution in [-0.4, -0.2) is 11.8 Å². The van der Waals surface area contributed by atoms with E-state index in [1.54, 1.807) is 0 Å². The molecule has 4 atom stereocenters. The number of carbonyl (C=O) groups is 2. The molecule has 0 aromatic heterocycles. The van der Waals surface area contributed by atoms with Gasteiger partial charge in [0.2, 0.25) is 11.8 Å². The van der Waals surface area contributed by atoms with E-state index < -0.39 is 0 Å². The number of benzene rings is 1. The van der Waals surface area contributed by atoms with Crippen molar-refractivity contribution >= 4 is 40.1 Å². The summed E-state index contributed by atoms with van der Waals surface area (Å²) in [5, 5.41) is 0. The Hall–Kier alpha value is -1.17. The highest BCUT2D eigenvalue weighted by Gasteiger charge is 2.59. The molecule has 4 rings (SSSR count). The Morgan fingerprint density at radius 1 is 1.10 bits per heavy atom. The van der Waals surface area contributed by atoms with Crippen LogP contribution in [0.25, 0.3) is 0 Å². The summed E-state index contributed by atoms with van der Waals surface area (Å²) in [6.07, 6.45) is 5.23. The van der Waals surface area contributed by atoms with Gasteiger partial charge in [0.05, 0.1) is 17.5 Å². The highest BCUT2D eigenvalue weighted by Crippen LogP contribution is 2.53. The molecule has 0 radical (unpaired) electrons. The van der Waals surface area contributed by atoms with Gasteiger partial charge in [0, 0.05) is 3.57 Å². The molecule has 102 valence electrons. The van der Waals surface area contributed by atoms with Gasteiger partial charge >= 0.3 is 0 Å². The van der Waals surface area contributed by atoms with Crippen molar-refractivity contribution in [3.05, 3.63) is 39.5 Å². The Bertz CT molecular complexity index is 636. The molecule has 1 aromatic carbocycles. The Morgan fingerprint density at radius 3 is 2.25 bits per heavy atom. The molecule has 4 heteroatoms. The van der Waals surface area contributed by atoms with Crippen LogP contribution in [0.2, 0.25) is 0 Å². The average Bonchev–Trinajstić information content (AvgIpc) is 3.06. The van der Waals surface area contributed by atoms with E-state index in [1.165, 1.54) is 4.90 Å². The number of nitrogens with zero attached hydrogens (tertiary/aromatic N) is 1. The fraction of sp³-hybridized carbons (Fsp3) is 0.375. The number of rotatable bonds is 1. The number of imide groups is 1. The summed E-state index contributed by atoms with van der Waals surface area (Å²) in [6, 6.07) is 5.85. The highest BCUT2D eigenvalue weighted by atomic mass is 127. The summed E-state index contributed by atoms with van der Waals surface area (Å²) in [7, 11) is 0. The minimum Gasteiger partial charge on any atom is -0.274 e. The normalized spacial score (nSPS) is 34.2. The van der Waals surface area contributed by atoms with Crippen molar-refractivity contribution in [2.24, 2.45) is 23.7 Å². The molecule has 0 N–H and O–H groups in total. The third kappa shape index (κ3) is 1.51. The van der Waals surface area contributed by atoms with Gasteiger partial charge in [-0.2, -0.15) is 0 Å². The molecule has 20 heavy (non-hydrogen) atoms. The zero-order valence-electron chi connectivity index (χ0n) is 11.0. The quantitative estimate of drug-likeness (QED) is 0.428. The number of hydrogen-bond donors (Lipinski definition) is 0. The summed E-state index contributed by atoms with van der Waals surface area (Å²) < 4.78 is 1.12. The molecule has 3 aliphatic rings. The van der Waals surface area contributed by atoms with Crippen LogP contribution >= 0.6 is 22.6 Å². The van der Waals surface area contributed by atoms with Crippen LogP contribution < -0.4 is 4.90 Å². The molecule has 1 heterocycles. The molecular weight excluding hydrogens is 365 g/mol. The van der Waals surface area contributed by atoms with Crippen LogP contribution in [0.1, 0.15) is 12.0 Å². The first kappa shape index (κ1) is 12.6. The molecule has 1 saturated carbocycles. The fourth-order valence-electron chi connectivity index (χ4n) is 4.01. The first-order chi connectivity index (χ1) is 9.58. The maximum atomic E-state index is 12.7. The standard InChI is InChI=1S/C16H14INO2/c1-8-6-11(17)4-5-12(8)18-15(19)13-9-2-3-10(7-9)14(13)16(18)20/h2-6,9-10,13-14H,7H2,1H3/t9-,10-,13-,14+/m0/s1. The van der Waals surface area contributed by atoms with E-state index in [-0.39, 0.29) is 35.5 Å². The van der Waals surface area contributed by atoms with Crippen molar-refractivity contribution in [2.75, 3.05) is 4.90 Å². The number of fused-ring (bicyclic) bond motifs is 5. The van der Waals surface area contributed by atoms with E-state index >= 15 is 0 Å². The van der Waals surface area contributed by atoms with Gasteiger partial charge in [-0.1, -0.05) is 12.2 Å². The van der Waals surface area contributed by atoms with Crippen LogP contribution in [0.15, 0.2) is 30.4 Å². The second-order valence-corrected chi connectivity index (χ2v) is 7.19. The lowest BCUT2D eigenvalue weighted by molar-refractivity contribution is -0.123. The van der Waals surface area contributed by atoms with Gasteiger partial charge in [-0.25, -0.2) is 4.90 Å². The third-order valence-corrected chi connectivity index (χ3v) is 5.54. The second-order valence-electron chi connectivity index (χ2n) is 5.94. The number of aryl methyl sites for hydroxylation is 1. The van der Waals surface area contributed by atoms with Crippen molar-refractivity contribution in [1.29, 1.82) is 0 Å². The lowest BCUT2D eigenvalue weighted by Crippen LogP contribution is -2.33. The van der Waals surface area contributed by atoms with Gasteiger partial charge in [-0.15, -0.1) is 0 Å². The van der Waals surface area contributed by atoms with E-state index in [0.717, 1.165) is 21.2 Å². The Labute approximate surface area is 131 Å². The minimum absolute atomic E-state index is 0.00107. The van der Waals surface area contributed by atoms with Crippen LogP contribution in [0.5, 0.6) is 0 Å². The summed E-state index contributed by atoms with van der Waals surface area (Å²) >= 11 is 2.24. The fourth-order valence-corrected chi connectivity index (χ4v) is 4.66. The first-order valence-electron chi connectivity index (χ1n) is 6.90. The van der Waals surface area contributed by atoms with Crippen LogP contribution in [-0.2, 0) is 9.59 Å². The molecule has 0 unspecified atom stereocenters. The van der Waals surface area contributed by atoms with Gasteiger partial charge in [-0.05, 0) is 71.5 Å². The number of anilines is 1. The Morgan fingerprint density at radius 2 is 1.70 bits per heavy atom. The van der Waals surface area contributed by atoms with Crippen LogP contribution in [0, 0.1) is 34.2 Å². The predicted octanol–water partition coefficient (Wildman–Crippen LogP) is 2.91. The number of carbonyl (C=O) groups excluding carboxylic acids is 2. The smallest absolute Gasteiger partial charge is 0.238 e. The van der Waals surface area contributed by atoms with Gasteiger partial charge < -0.3 is 0 Å². The molecule has 0 spiro atoms. The lowest BCUT2D eigenvalue weighted by atomic mass is 9.85. The van der Waals surface area contributed by atoms with Crippen LogP contribution in [0.4, 0.5) is 5.69 Å². The van der Waals surface area contributed by atoms with Gasteiger partial charge in [0.15, 0.2) is 0 Å². The highest BCUT2D eigenvalue weighted by molar-refractivity contribution is 14.1. The van der Waals surface area contributed by atoms with Crippen molar-refractivity contribution < 1.29 is 9.59 Å². The van der Waals surface area contributed by atoms with Crippen LogP contribution in [0.3, 0.4) is 0 Å². The average molecular weight is 379 g/mol. The topological polar surface area (TPSA) is 37.4 Å². The summed E-state index contributed by atoms with van der Waals surface area (Å²) in [6.45, 7) is 1.96. The van der Waals surface area contributed by atoms with Gasteiger partial charge in [0.1, 0.15) is 0 Å². The third-order valence-electron chi connectivity index (χ3n) is 4.87. The van der Waals surface area contributed by atoms with E-state index in [0.29, 0.717) is 0 Å². The maximum absolute atomic E-state index is 12.7. The largest absolute Gasteiger partial charge is 0.274 e. The molecule has 2 fully saturated rings. The van der Waals surface area contributed by atoms with Crippen molar-refractivity contribution in [3.63, 3.8) is 0 Å². The summed E-state index contributed by atoms with van der Waals surface area (Å²) in [5.74, 6) is 0.320. The van der Waals surface area contributed by atoms with E-state index in [1.807, 2.05) is 25.1 Å². The molecule has 1 aromatic rings. The van der Waals surface area contributed by atoms with Crippen molar-refractivity contribution in [2.45, 2.75) is 13.3 Å². The SMILES string of the molecule is Cc1cc(I)ccc1N1C(=O)[C@@H]2[C@H](C1=O)[C@H]1C=C[C@H]2C1. The number of allylic oxidation sites excluding steroid dienone is 2. The summed E-state index contributed by atoms with van der Waals surface area (Å²) in [4.78, 5) is 26.8. The number of hydrogen-bond acceptors (Lipinski definition) is 2. The van der Waals surface area contributed by atoms with E-state index in [9.17, 15) is 9.59 Å². The zero-order chi connectivity index (χ0) is 14.0. The minimum atomic E-state index is -0.115. The lowest BCUT2D eigenvalue weighted by Gasteiger charge is -2.19. The summed E-state index contributed by atoms with van der Waals surface area (Å²) in [5.41, 5.74) is 1.74. The molecule has 2 amide bonds. The van der Waals surface area contributed by atoms with E-state index in [4.69, 9.17) is 0 Å². The first-order valence-corrected chi connectivity index (χ1v) is 7.98. The molecular formula is C16H14INO2. The van der Waals surface area contributed by atoms with Gasteiger partial charge in [-0.3, -0.25) is 9.59 Å². The molecule has 3 nitrogen and oxygen atoms in total. The molecule has 1 aliphatic heterocycles. The molecule has 1 saturated heterocycles. The molecule has 2 aliphatic carbocycles. The van der Waals surface area contributed by atoms with Crippen molar-refractivity contribution in [3.8, 4) is 0 Å². The Kier molecular flexibility index (Phi) is 2.61. The predicted molar refractivity (Wildman–Crippen MR) is 84.1 cm³/mol. The second kappa shape index (κ2) is 4.16. The molecule has 2 bridgehead atoms. The van der Waals surface area contributed by atoms with E-state index in [2.05, 4.69) is 34.7 Å². The zero-order valence-corrected chi connectivity index (χ0v) is 13.2. The maximum Gasteiger partial charge on any atom is 0.238 e. The van der Waals surface area contributed by atoms with Gasteiger partial charge in [0.25, 0.3) is 0 Å². The number of amides is 2. The number of halogens is 1. The Balaban J connectivity index is 1.78.